The monoisotopic (exact) mass is 594 g/mol. The van der Waals surface area contributed by atoms with Crippen LogP contribution in [0.2, 0.25) is 0 Å². The average molecular weight is 595 g/mol. The number of nitrogens with one attached hydrogen (secondary N) is 2. The number of rotatable bonds is 9. The summed E-state index contributed by atoms with van der Waals surface area (Å²) in [6.45, 7) is 0. The number of anilines is 3. The molecule has 216 valence electrons. The van der Waals surface area contributed by atoms with Gasteiger partial charge >= 0.3 is 21.5 Å². The number of benzene rings is 2. The van der Waals surface area contributed by atoms with Crippen molar-refractivity contribution in [1.29, 1.82) is 0 Å². The second-order valence-corrected chi connectivity index (χ2v) is 9.99. The lowest BCUT2D eigenvalue weighted by molar-refractivity contribution is -0.0430. The minimum Gasteiger partial charge on any atom is -0.480 e. The second-order valence-electron chi connectivity index (χ2n) is 8.32. The van der Waals surface area contributed by atoms with Crippen LogP contribution < -0.4 is 25.2 Å². The first-order valence-electron chi connectivity index (χ1n) is 11.3. The first-order chi connectivity index (χ1) is 19.2. The number of amides is 1. The molecule has 0 spiro atoms. The second kappa shape index (κ2) is 11.0. The van der Waals surface area contributed by atoms with Crippen molar-refractivity contribution in [2.45, 2.75) is 11.8 Å². The molecule has 2 aromatic carbocycles. The highest BCUT2D eigenvalue weighted by atomic mass is 32.2. The van der Waals surface area contributed by atoms with Crippen molar-refractivity contribution in [2.24, 2.45) is 5.73 Å². The van der Waals surface area contributed by atoms with E-state index >= 15 is 0 Å². The fraction of sp³-hybridized carbons (Fsp3) is 0.167. The molecule has 41 heavy (non-hydrogen) atoms. The van der Waals surface area contributed by atoms with Gasteiger partial charge in [0.05, 0.1) is 42.2 Å². The van der Waals surface area contributed by atoms with Crippen LogP contribution in [0.5, 0.6) is 11.9 Å². The van der Waals surface area contributed by atoms with Crippen LogP contribution in [-0.2, 0) is 10.0 Å². The molecule has 1 amide bonds. The summed E-state index contributed by atoms with van der Waals surface area (Å²) in [5.41, 5.74) is 0.0907. The maximum atomic E-state index is 12.9. The van der Waals surface area contributed by atoms with Crippen LogP contribution in [0, 0.1) is 0 Å². The number of aliphatic hydroxyl groups excluding tert-OH is 1. The van der Waals surface area contributed by atoms with Crippen LogP contribution in [0.4, 0.5) is 30.2 Å². The Labute approximate surface area is 229 Å². The lowest BCUT2D eigenvalue weighted by atomic mass is 10.0. The molecule has 0 aliphatic heterocycles. The van der Waals surface area contributed by atoms with Crippen molar-refractivity contribution in [3.63, 3.8) is 0 Å². The predicted octanol–water partition coefficient (Wildman–Crippen LogP) is 2.80. The average Bonchev–Trinajstić information content (AvgIpc) is 2.91. The summed E-state index contributed by atoms with van der Waals surface area (Å²) < 4.78 is 73.8. The van der Waals surface area contributed by atoms with Gasteiger partial charge in [0.1, 0.15) is 0 Å². The number of primary amides is 1. The van der Waals surface area contributed by atoms with Crippen LogP contribution >= 0.6 is 0 Å². The summed E-state index contributed by atoms with van der Waals surface area (Å²) in [4.78, 5) is 24.7. The van der Waals surface area contributed by atoms with E-state index in [2.05, 4.69) is 20.3 Å². The molecular weight excluding hydrogens is 573 g/mol. The number of hydrogen-bond donors (Lipinski definition) is 5. The summed E-state index contributed by atoms with van der Waals surface area (Å²) in [5, 5.41) is 22.4. The van der Waals surface area contributed by atoms with Crippen LogP contribution in [0.1, 0.15) is 22.2 Å². The predicted molar refractivity (Wildman–Crippen MR) is 140 cm³/mol. The summed E-state index contributed by atoms with van der Waals surface area (Å²) in [6, 6.07) is 7.78. The lowest BCUT2D eigenvalue weighted by Crippen LogP contribution is -2.30. The van der Waals surface area contributed by atoms with Gasteiger partial charge in [0.15, 0.2) is 6.29 Å². The van der Waals surface area contributed by atoms with Crippen molar-refractivity contribution < 1.29 is 46.1 Å². The highest BCUT2D eigenvalue weighted by Gasteiger charge is 2.46. The van der Waals surface area contributed by atoms with E-state index in [-0.39, 0.29) is 34.4 Å². The number of pyridine rings is 1. The first kappa shape index (κ1) is 29.2. The van der Waals surface area contributed by atoms with Crippen molar-refractivity contribution in [3.05, 3.63) is 59.9 Å². The molecule has 2 aromatic heterocycles. The molecule has 0 saturated heterocycles. The maximum absolute atomic E-state index is 12.9. The Morgan fingerprint density at radius 3 is 2.34 bits per heavy atom. The molecule has 0 fully saturated rings. The molecule has 2 heterocycles. The van der Waals surface area contributed by atoms with Crippen LogP contribution in [-0.4, -0.2) is 59.2 Å². The summed E-state index contributed by atoms with van der Waals surface area (Å²) in [7, 11) is -3.03. The largest absolute Gasteiger partial charge is 0.516 e. The Balaban J connectivity index is 1.83. The highest BCUT2D eigenvalue weighted by molar-refractivity contribution is 7.93. The van der Waals surface area contributed by atoms with Gasteiger partial charge in [-0.3, -0.25) is 14.5 Å². The molecule has 4 aromatic rings. The number of halogens is 3. The summed E-state index contributed by atoms with van der Waals surface area (Å²) >= 11 is 0. The number of alkyl halides is 3. The molecular formula is C24H21F3N6O7S. The number of sulfonamides is 1. The van der Waals surface area contributed by atoms with Gasteiger partial charge in [-0.2, -0.15) is 26.6 Å². The van der Waals surface area contributed by atoms with E-state index in [1.807, 2.05) is 0 Å². The molecule has 0 radical (unpaired) electrons. The maximum Gasteiger partial charge on any atom is 0.516 e. The van der Waals surface area contributed by atoms with Gasteiger partial charge in [-0.25, -0.2) is 4.98 Å². The number of aliphatic hydroxyl groups is 2. The third-order valence-electron chi connectivity index (χ3n) is 5.63. The molecule has 6 N–H and O–H groups in total. The number of carbonyl (C=O) groups is 1. The number of hydrogen-bond acceptors (Lipinski definition) is 11. The molecule has 13 nitrogen and oxygen atoms in total. The number of nitrogens with zero attached hydrogens (tertiary/aromatic N) is 3. The van der Waals surface area contributed by atoms with Crippen LogP contribution in [0.3, 0.4) is 0 Å². The van der Waals surface area contributed by atoms with Gasteiger partial charge in [-0.1, -0.05) is 12.1 Å². The Morgan fingerprint density at radius 1 is 1.02 bits per heavy atom. The zero-order chi connectivity index (χ0) is 30.1. The number of nitrogens with two attached hydrogens (primary N) is 1. The van der Waals surface area contributed by atoms with Gasteiger partial charge in [0, 0.05) is 29.0 Å². The van der Waals surface area contributed by atoms with Crippen LogP contribution in [0.25, 0.3) is 22.0 Å². The quantitative estimate of drug-likeness (QED) is 0.179. The number of fused-ring (bicyclic) bond motifs is 1. The zero-order valence-corrected chi connectivity index (χ0v) is 21.9. The van der Waals surface area contributed by atoms with Gasteiger partial charge < -0.3 is 30.7 Å². The number of ether oxygens (including phenoxy) is 2. The molecule has 0 atom stereocenters. The molecule has 0 aliphatic rings. The highest BCUT2D eigenvalue weighted by Crippen LogP contribution is 2.36. The third kappa shape index (κ3) is 6.06. The van der Waals surface area contributed by atoms with E-state index < -0.39 is 33.4 Å². The van der Waals surface area contributed by atoms with E-state index in [1.54, 1.807) is 18.2 Å². The van der Waals surface area contributed by atoms with E-state index in [0.29, 0.717) is 22.0 Å². The normalized spacial score (nSPS) is 11.9. The smallest absolute Gasteiger partial charge is 0.480 e. The molecule has 0 bridgehead atoms. The van der Waals surface area contributed by atoms with Gasteiger partial charge in [0.2, 0.25) is 5.88 Å². The number of aromatic nitrogens is 3. The summed E-state index contributed by atoms with van der Waals surface area (Å²) in [6.07, 6.45) is 0.453. The number of carbonyl (C=O) groups excluding carboxylic acids is 1. The minimum atomic E-state index is -5.83. The van der Waals surface area contributed by atoms with Gasteiger partial charge in [-0.05, 0) is 29.8 Å². The topological polar surface area (TPSA) is 199 Å². The Hall–Kier alpha value is -4.74. The standard InChI is InChI=1S/C24H21F3N6O7S/c1-39-21-16(9-30-23(32-21)40-2)11-3-4-15-18(7-11)29-10-17(20(28)34)19(15)31-13-5-12(22(35)36)6-14(8-13)33-41(37,38)24(25,26)27/h3-10,22,33,35-36H,1-2H3,(H2,28,34)(H,29,31). The van der Waals surface area contributed by atoms with Gasteiger partial charge in [-0.15, -0.1) is 0 Å². The molecule has 17 heteroatoms. The molecule has 0 saturated carbocycles. The third-order valence-corrected chi connectivity index (χ3v) is 6.75. The van der Waals surface area contributed by atoms with E-state index in [1.165, 1.54) is 25.1 Å². The van der Waals surface area contributed by atoms with E-state index in [0.717, 1.165) is 24.4 Å². The van der Waals surface area contributed by atoms with Crippen LogP contribution in [0.15, 0.2) is 48.8 Å². The fourth-order valence-corrected chi connectivity index (χ4v) is 4.32. The van der Waals surface area contributed by atoms with Gasteiger partial charge in [0.25, 0.3) is 5.91 Å². The Kier molecular flexibility index (Phi) is 7.87. The molecule has 0 unspecified atom stereocenters. The summed E-state index contributed by atoms with van der Waals surface area (Å²) in [5.74, 6) is -0.705. The Morgan fingerprint density at radius 2 is 1.73 bits per heavy atom. The van der Waals surface area contributed by atoms with Crippen molar-refractivity contribution in [2.75, 3.05) is 24.3 Å². The fourth-order valence-electron chi connectivity index (χ4n) is 3.77. The number of methoxy groups -OCH3 is 2. The van der Waals surface area contributed by atoms with Crippen molar-refractivity contribution in [3.8, 4) is 23.0 Å². The lowest BCUT2D eigenvalue weighted by Gasteiger charge is -2.17. The van der Waals surface area contributed by atoms with E-state index in [9.17, 15) is 36.6 Å². The zero-order valence-electron chi connectivity index (χ0n) is 21.1. The van der Waals surface area contributed by atoms with Crippen molar-refractivity contribution in [1.82, 2.24) is 15.0 Å². The Bertz CT molecular complexity index is 1750. The van der Waals surface area contributed by atoms with E-state index in [4.69, 9.17) is 15.2 Å². The molecule has 4 rings (SSSR count). The minimum absolute atomic E-state index is 0.0567. The molecule has 0 aliphatic carbocycles. The van der Waals surface area contributed by atoms with Crippen molar-refractivity contribution >= 4 is 43.9 Å². The first-order valence-corrected chi connectivity index (χ1v) is 12.8. The SMILES string of the molecule is COc1ncc(-c2ccc3c(Nc4cc(NS(=O)(=O)C(F)(F)F)cc(C(O)O)c4)c(C(N)=O)cnc3c2)c(OC)n1.